The average Bonchev–Trinajstić information content (AvgIpc) is 2.35. The van der Waals surface area contributed by atoms with Crippen LogP contribution in [0, 0.1) is 6.92 Å². The normalized spacial score (nSPS) is 10.3. The molecular formula is C13H10BrClN2O2. The van der Waals surface area contributed by atoms with E-state index in [1.807, 2.05) is 0 Å². The number of aromatic nitrogens is 1. The van der Waals surface area contributed by atoms with Gasteiger partial charge in [-0.05, 0) is 53.2 Å². The smallest absolute Gasteiger partial charge is 0.259 e. The lowest BCUT2D eigenvalue weighted by molar-refractivity contribution is 0.102. The van der Waals surface area contributed by atoms with Crippen molar-refractivity contribution in [2.45, 2.75) is 6.92 Å². The highest BCUT2D eigenvalue weighted by atomic mass is 79.9. The molecule has 0 unspecified atom stereocenters. The van der Waals surface area contributed by atoms with Crippen molar-refractivity contribution in [1.82, 2.24) is 4.98 Å². The summed E-state index contributed by atoms with van der Waals surface area (Å²) in [6.45, 7) is 1.78. The number of aryl methyl sites for hydroxylation is 1. The van der Waals surface area contributed by atoms with Gasteiger partial charge in [0.15, 0.2) is 0 Å². The van der Waals surface area contributed by atoms with Crippen LogP contribution in [0.4, 0.5) is 5.69 Å². The summed E-state index contributed by atoms with van der Waals surface area (Å²) in [5.41, 5.74) is 1.37. The number of aromatic hydroxyl groups is 1. The van der Waals surface area contributed by atoms with Gasteiger partial charge in [-0.3, -0.25) is 4.79 Å². The zero-order chi connectivity index (χ0) is 14.0. The molecule has 0 saturated carbocycles. The number of phenolic OH excluding ortho intramolecular Hbond substituents is 1. The van der Waals surface area contributed by atoms with E-state index in [0.717, 1.165) is 0 Å². The van der Waals surface area contributed by atoms with Gasteiger partial charge in [0, 0.05) is 5.02 Å². The first-order valence-corrected chi connectivity index (χ1v) is 6.57. The van der Waals surface area contributed by atoms with Crippen molar-refractivity contribution < 1.29 is 9.90 Å². The molecule has 1 aromatic heterocycles. The van der Waals surface area contributed by atoms with Crippen LogP contribution in [0.2, 0.25) is 5.02 Å². The van der Waals surface area contributed by atoms with Crippen LogP contribution < -0.4 is 5.32 Å². The van der Waals surface area contributed by atoms with Gasteiger partial charge in [-0.15, -0.1) is 0 Å². The number of nitrogens with zero attached hydrogens (tertiary/aromatic N) is 1. The molecule has 1 amide bonds. The lowest BCUT2D eigenvalue weighted by Gasteiger charge is -2.09. The van der Waals surface area contributed by atoms with E-state index < -0.39 is 5.91 Å². The second-order valence-corrected chi connectivity index (χ2v) is 5.13. The fourth-order valence-electron chi connectivity index (χ4n) is 1.54. The third-order valence-corrected chi connectivity index (χ3v) is 3.18. The van der Waals surface area contributed by atoms with Crippen molar-refractivity contribution in [2.75, 3.05) is 5.32 Å². The number of halogens is 2. The number of hydrogen-bond donors (Lipinski definition) is 2. The Morgan fingerprint density at radius 1 is 1.37 bits per heavy atom. The minimum Gasteiger partial charge on any atom is -0.507 e. The fourth-order valence-corrected chi connectivity index (χ4v) is 2.11. The van der Waals surface area contributed by atoms with E-state index in [1.165, 1.54) is 18.2 Å². The molecule has 0 saturated heterocycles. The Kier molecular flexibility index (Phi) is 4.07. The monoisotopic (exact) mass is 340 g/mol. The molecule has 6 heteroatoms. The molecule has 2 aromatic rings. The van der Waals surface area contributed by atoms with E-state index in [4.69, 9.17) is 11.6 Å². The molecule has 0 bridgehead atoms. The minimum atomic E-state index is -0.438. The zero-order valence-electron chi connectivity index (χ0n) is 9.95. The molecule has 0 atom stereocenters. The van der Waals surface area contributed by atoms with E-state index in [9.17, 15) is 9.90 Å². The van der Waals surface area contributed by atoms with Crippen LogP contribution in [0.25, 0.3) is 0 Å². The Labute approximate surface area is 123 Å². The number of hydrogen-bond acceptors (Lipinski definition) is 3. The van der Waals surface area contributed by atoms with Gasteiger partial charge in [0.1, 0.15) is 10.4 Å². The van der Waals surface area contributed by atoms with Crippen molar-refractivity contribution in [3.8, 4) is 5.75 Å². The molecule has 98 valence electrons. The zero-order valence-corrected chi connectivity index (χ0v) is 12.3. The molecule has 19 heavy (non-hydrogen) atoms. The Bertz CT molecular complexity index is 647. The van der Waals surface area contributed by atoms with E-state index in [2.05, 4.69) is 26.2 Å². The number of phenols is 1. The summed E-state index contributed by atoms with van der Waals surface area (Å²) in [4.78, 5) is 16.2. The molecule has 2 rings (SSSR count). The topological polar surface area (TPSA) is 62.2 Å². The van der Waals surface area contributed by atoms with Gasteiger partial charge in [-0.1, -0.05) is 11.6 Å². The van der Waals surface area contributed by atoms with E-state index in [1.54, 1.807) is 19.1 Å². The molecule has 2 N–H and O–H groups in total. The second kappa shape index (κ2) is 5.59. The van der Waals surface area contributed by atoms with Crippen molar-refractivity contribution in [2.24, 2.45) is 0 Å². The standard InChI is InChI=1S/C13H10BrClN2O2/c1-7-10(3-5-12(14)16-7)17-13(19)9-6-8(15)2-4-11(9)18/h2-6,18H,1H3,(H,17,19). The summed E-state index contributed by atoms with van der Waals surface area (Å²) in [5.74, 6) is -0.558. The van der Waals surface area contributed by atoms with Crippen molar-refractivity contribution in [1.29, 1.82) is 0 Å². The third kappa shape index (κ3) is 3.24. The molecule has 0 radical (unpaired) electrons. The van der Waals surface area contributed by atoms with Crippen LogP contribution in [0.15, 0.2) is 34.9 Å². The highest BCUT2D eigenvalue weighted by Crippen LogP contribution is 2.23. The summed E-state index contributed by atoms with van der Waals surface area (Å²) >= 11 is 9.05. The Balaban J connectivity index is 2.28. The number of rotatable bonds is 2. The maximum atomic E-state index is 12.1. The highest BCUT2D eigenvalue weighted by molar-refractivity contribution is 9.10. The van der Waals surface area contributed by atoms with E-state index >= 15 is 0 Å². The first kappa shape index (κ1) is 13.8. The van der Waals surface area contributed by atoms with Crippen LogP contribution in [-0.4, -0.2) is 16.0 Å². The number of anilines is 1. The molecule has 1 aromatic carbocycles. The molecule has 0 spiro atoms. The predicted molar refractivity (Wildman–Crippen MR) is 77.7 cm³/mol. The number of amides is 1. The highest BCUT2D eigenvalue weighted by Gasteiger charge is 2.13. The van der Waals surface area contributed by atoms with Gasteiger partial charge in [-0.25, -0.2) is 4.98 Å². The van der Waals surface area contributed by atoms with Crippen LogP contribution in [0.1, 0.15) is 16.1 Å². The molecular weight excluding hydrogens is 332 g/mol. The SMILES string of the molecule is Cc1nc(Br)ccc1NC(=O)c1cc(Cl)ccc1O. The summed E-state index contributed by atoms with van der Waals surface area (Å²) in [6, 6.07) is 7.75. The number of carbonyl (C=O) groups is 1. The van der Waals surface area contributed by atoms with Gasteiger partial charge in [-0.2, -0.15) is 0 Å². The molecule has 0 aliphatic carbocycles. The van der Waals surface area contributed by atoms with Crippen molar-refractivity contribution in [3.05, 3.63) is 51.2 Å². The molecule has 0 aliphatic heterocycles. The summed E-state index contributed by atoms with van der Waals surface area (Å²) < 4.78 is 0.689. The molecule has 0 aliphatic rings. The lowest BCUT2D eigenvalue weighted by atomic mass is 10.2. The van der Waals surface area contributed by atoms with Crippen LogP contribution >= 0.6 is 27.5 Å². The largest absolute Gasteiger partial charge is 0.507 e. The Morgan fingerprint density at radius 3 is 2.79 bits per heavy atom. The van der Waals surface area contributed by atoms with E-state index in [0.29, 0.717) is 21.0 Å². The van der Waals surface area contributed by atoms with Crippen LogP contribution in [-0.2, 0) is 0 Å². The quantitative estimate of drug-likeness (QED) is 0.818. The number of nitrogens with one attached hydrogen (secondary N) is 1. The van der Waals surface area contributed by atoms with Gasteiger partial charge < -0.3 is 10.4 Å². The first-order valence-electron chi connectivity index (χ1n) is 5.40. The summed E-state index contributed by atoms with van der Waals surface area (Å²) in [7, 11) is 0. The molecule has 4 nitrogen and oxygen atoms in total. The van der Waals surface area contributed by atoms with Gasteiger partial charge in [0.05, 0.1) is 16.9 Å². The maximum Gasteiger partial charge on any atom is 0.259 e. The van der Waals surface area contributed by atoms with Crippen LogP contribution in [0.5, 0.6) is 5.75 Å². The van der Waals surface area contributed by atoms with Crippen molar-refractivity contribution >= 4 is 39.1 Å². The van der Waals surface area contributed by atoms with Gasteiger partial charge >= 0.3 is 0 Å². The van der Waals surface area contributed by atoms with E-state index in [-0.39, 0.29) is 11.3 Å². The number of pyridine rings is 1. The summed E-state index contributed by atoms with van der Waals surface area (Å²) in [6.07, 6.45) is 0. The average molecular weight is 342 g/mol. The maximum absolute atomic E-state index is 12.1. The van der Waals surface area contributed by atoms with Crippen molar-refractivity contribution in [3.63, 3.8) is 0 Å². The molecule has 1 heterocycles. The van der Waals surface area contributed by atoms with Crippen LogP contribution in [0.3, 0.4) is 0 Å². The fraction of sp³-hybridized carbons (Fsp3) is 0.0769. The Hall–Kier alpha value is -1.59. The molecule has 0 fully saturated rings. The number of carbonyl (C=O) groups excluding carboxylic acids is 1. The van der Waals surface area contributed by atoms with Gasteiger partial charge in [0.25, 0.3) is 5.91 Å². The Morgan fingerprint density at radius 2 is 2.11 bits per heavy atom. The first-order chi connectivity index (χ1) is 8.97. The van der Waals surface area contributed by atoms with Gasteiger partial charge in [0.2, 0.25) is 0 Å². The third-order valence-electron chi connectivity index (χ3n) is 2.50. The predicted octanol–water partition coefficient (Wildman–Crippen LogP) is 3.76. The number of benzene rings is 1. The summed E-state index contributed by atoms with van der Waals surface area (Å²) in [5, 5.41) is 12.7. The lowest BCUT2D eigenvalue weighted by Crippen LogP contribution is -2.13. The second-order valence-electron chi connectivity index (χ2n) is 3.88. The minimum absolute atomic E-state index is 0.120.